The van der Waals surface area contributed by atoms with Crippen LogP contribution in [0.3, 0.4) is 0 Å². The summed E-state index contributed by atoms with van der Waals surface area (Å²) in [5, 5.41) is 0. The monoisotopic (exact) mass is 265 g/mol. The van der Waals surface area contributed by atoms with Crippen molar-refractivity contribution in [2.24, 2.45) is 5.73 Å². The van der Waals surface area contributed by atoms with E-state index in [1.165, 1.54) is 0 Å². The molecule has 1 atom stereocenters. The van der Waals surface area contributed by atoms with Crippen LogP contribution in [0.5, 0.6) is 5.75 Å². The van der Waals surface area contributed by atoms with Gasteiger partial charge in [-0.05, 0) is 23.1 Å². The number of nitrogens with two attached hydrogens (primary N) is 1. The Kier molecular flexibility index (Phi) is 5.79. The molecule has 0 aromatic heterocycles. The molecule has 5 heteroatoms. The lowest BCUT2D eigenvalue weighted by Crippen LogP contribution is -2.36. The van der Waals surface area contributed by atoms with Gasteiger partial charge in [-0.3, -0.25) is 10.2 Å². The summed E-state index contributed by atoms with van der Waals surface area (Å²) in [6, 6.07) is 5.50. The molecule has 4 N–H and O–H groups in total. The Morgan fingerprint density at radius 2 is 2.11 bits per heavy atom. The van der Waals surface area contributed by atoms with Gasteiger partial charge in [0.05, 0.1) is 7.11 Å². The summed E-state index contributed by atoms with van der Waals surface area (Å²) in [6.45, 7) is 4.20. The SMILES string of the molecule is CNNC(=O)CC(N)c1ccc(OC)c(C(C)C)c1. The maximum absolute atomic E-state index is 11.5. The Morgan fingerprint density at radius 3 is 2.63 bits per heavy atom. The fraction of sp³-hybridized carbons (Fsp3) is 0.500. The smallest absolute Gasteiger partial charge is 0.235 e. The van der Waals surface area contributed by atoms with E-state index in [1.807, 2.05) is 18.2 Å². The van der Waals surface area contributed by atoms with Gasteiger partial charge in [0, 0.05) is 19.5 Å². The average Bonchev–Trinajstić information content (AvgIpc) is 2.37. The Labute approximate surface area is 114 Å². The summed E-state index contributed by atoms with van der Waals surface area (Å²) in [4.78, 5) is 11.5. The molecule has 0 bridgehead atoms. The lowest BCUT2D eigenvalue weighted by atomic mass is 9.95. The molecular weight excluding hydrogens is 242 g/mol. The first kappa shape index (κ1) is 15.5. The highest BCUT2D eigenvalue weighted by Gasteiger charge is 2.15. The van der Waals surface area contributed by atoms with Gasteiger partial charge in [0.25, 0.3) is 0 Å². The summed E-state index contributed by atoms with van der Waals surface area (Å²) < 4.78 is 5.33. The van der Waals surface area contributed by atoms with Gasteiger partial charge in [0.2, 0.25) is 5.91 Å². The van der Waals surface area contributed by atoms with Gasteiger partial charge in [-0.15, -0.1) is 0 Å². The minimum Gasteiger partial charge on any atom is -0.496 e. The molecule has 0 aliphatic heterocycles. The van der Waals surface area contributed by atoms with E-state index < -0.39 is 0 Å². The summed E-state index contributed by atoms with van der Waals surface area (Å²) in [5.74, 6) is 1.07. The van der Waals surface area contributed by atoms with Crippen molar-refractivity contribution in [1.82, 2.24) is 10.9 Å². The zero-order chi connectivity index (χ0) is 14.4. The number of hydrogen-bond acceptors (Lipinski definition) is 4. The number of carbonyl (C=O) groups is 1. The van der Waals surface area contributed by atoms with Gasteiger partial charge in [-0.2, -0.15) is 0 Å². The van der Waals surface area contributed by atoms with Crippen LogP contribution in [0.25, 0.3) is 0 Å². The van der Waals surface area contributed by atoms with Crippen molar-refractivity contribution in [3.63, 3.8) is 0 Å². The maximum atomic E-state index is 11.5. The Bertz CT molecular complexity index is 433. The zero-order valence-corrected chi connectivity index (χ0v) is 12.0. The van der Waals surface area contributed by atoms with Crippen molar-refractivity contribution < 1.29 is 9.53 Å². The fourth-order valence-corrected chi connectivity index (χ4v) is 1.94. The third kappa shape index (κ3) is 4.22. The van der Waals surface area contributed by atoms with E-state index in [4.69, 9.17) is 10.5 Å². The third-order valence-corrected chi connectivity index (χ3v) is 2.97. The van der Waals surface area contributed by atoms with Crippen molar-refractivity contribution in [2.75, 3.05) is 14.2 Å². The number of rotatable bonds is 6. The molecule has 0 heterocycles. The second kappa shape index (κ2) is 7.11. The summed E-state index contributed by atoms with van der Waals surface area (Å²) in [7, 11) is 3.30. The van der Waals surface area contributed by atoms with Crippen LogP contribution in [0.2, 0.25) is 0 Å². The topological polar surface area (TPSA) is 76.4 Å². The molecule has 5 nitrogen and oxygen atoms in total. The molecule has 19 heavy (non-hydrogen) atoms. The highest BCUT2D eigenvalue weighted by atomic mass is 16.5. The normalized spacial score (nSPS) is 12.3. The van der Waals surface area contributed by atoms with Crippen LogP contribution in [0, 0.1) is 0 Å². The third-order valence-electron chi connectivity index (χ3n) is 2.97. The molecule has 0 spiro atoms. The van der Waals surface area contributed by atoms with Gasteiger partial charge in [-0.1, -0.05) is 26.0 Å². The van der Waals surface area contributed by atoms with Gasteiger partial charge < -0.3 is 10.5 Å². The van der Waals surface area contributed by atoms with Gasteiger partial charge in [0.1, 0.15) is 5.75 Å². The van der Waals surface area contributed by atoms with Crippen LogP contribution in [-0.4, -0.2) is 20.1 Å². The second-order valence-electron chi connectivity index (χ2n) is 4.76. The number of hydrogen-bond donors (Lipinski definition) is 3. The van der Waals surface area contributed by atoms with Crippen LogP contribution in [0.1, 0.15) is 43.4 Å². The van der Waals surface area contributed by atoms with Crippen molar-refractivity contribution in [3.05, 3.63) is 29.3 Å². The maximum Gasteiger partial charge on any atom is 0.235 e. The number of amides is 1. The van der Waals surface area contributed by atoms with E-state index >= 15 is 0 Å². The Hall–Kier alpha value is -1.59. The molecule has 0 radical (unpaired) electrons. The van der Waals surface area contributed by atoms with Gasteiger partial charge in [0.15, 0.2) is 0 Å². The molecule has 1 amide bonds. The van der Waals surface area contributed by atoms with Crippen molar-refractivity contribution >= 4 is 5.91 Å². The lowest BCUT2D eigenvalue weighted by molar-refractivity contribution is -0.122. The van der Waals surface area contributed by atoms with Crippen LogP contribution in [0.4, 0.5) is 0 Å². The first-order valence-corrected chi connectivity index (χ1v) is 6.38. The van der Waals surface area contributed by atoms with Crippen LogP contribution in [0.15, 0.2) is 18.2 Å². The van der Waals surface area contributed by atoms with E-state index in [2.05, 4.69) is 24.7 Å². The quantitative estimate of drug-likeness (QED) is 0.681. The molecule has 1 rings (SSSR count). The standard InChI is InChI=1S/C14H23N3O2/c1-9(2)11-7-10(5-6-13(11)19-4)12(15)8-14(18)17-16-3/h5-7,9,12,16H,8,15H2,1-4H3,(H,17,18). The van der Waals surface area contributed by atoms with Crippen LogP contribution in [-0.2, 0) is 4.79 Å². The molecular formula is C14H23N3O2. The predicted molar refractivity (Wildman–Crippen MR) is 75.8 cm³/mol. The van der Waals surface area contributed by atoms with Crippen molar-refractivity contribution in [3.8, 4) is 5.75 Å². The molecule has 0 fully saturated rings. The number of benzene rings is 1. The minimum absolute atomic E-state index is 0.128. The molecule has 0 aliphatic carbocycles. The summed E-state index contributed by atoms with van der Waals surface area (Å²) in [5.41, 5.74) is 13.2. The molecule has 0 saturated carbocycles. The van der Waals surface area contributed by atoms with E-state index in [0.29, 0.717) is 5.92 Å². The number of carbonyl (C=O) groups excluding carboxylic acids is 1. The molecule has 1 aromatic carbocycles. The van der Waals surface area contributed by atoms with E-state index in [0.717, 1.165) is 16.9 Å². The lowest BCUT2D eigenvalue weighted by Gasteiger charge is -2.17. The highest BCUT2D eigenvalue weighted by Crippen LogP contribution is 2.29. The Morgan fingerprint density at radius 1 is 1.42 bits per heavy atom. The first-order chi connectivity index (χ1) is 8.99. The molecule has 1 unspecified atom stereocenters. The number of hydrazine groups is 1. The van der Waals surface area contributed by atoms with Crippen molar-refractivity contribution in [1.29, 1.82) is 0 Å². The van der Waals surface area contributed by atoms with Crippen LogP contribution >= 0.6 is 0 Å². The number of methoxy groups -OCH3 is 1. The Balaban J connectivity index is 2.89. The van der Waals surface area contributed by atoms with E-state index in [1.54, 1.807) is 14.2 Å². The van der Waals surface area contributed by atoms with Gasteiger partial charge in [-0.25, -0.2) is 5.43 Å². The summed E-state index contributed by atoms with van der Waals surface area (Å²) >= 11 is 0. The first-order valence-electron chi connectivity index (χ1n) is 6.38. The van der Waals surface area contributed by atoms with Crippen LogP contribution < -0.4 is 21.3 Å². The minimum atomic E-state index is -0.322. The summed E-state index contributed by atoms with van der Waals surface area (Å²) in [6.07, 6.45) is 0.241. The van der Waals surface area contributed by atoms with Gasteiger partial charge >= 0.3 is 0 Å². The van der Waals surface area contributed by atoms with Crippen molar-refractivity contribution in [2.45, 2.75) is 32.2 Å². The number of nitrogens with one attached hydrogen (secondary N) is 2. The van der Waals surface area contributed by atoms with E-state index in [9.17, 15) is 4.79 Å². The number of ether oxygens (including phenoxy) is 1. The molecule has 106 valence electrons. The molecule has 0 saturated heterocycles. The molecule has 1 aromatic rings. The zero-order valence-electron chi connectivity index (χ0n) is 12.0. The average molecular weight is 265 g/mol. The molecule has 0 aliphatic rings. The largest absolute Gasteiger partial charge is 0.496 e. The second-order valence-corrected chi connectivity index (χ2v) is 4.76. The fourth-order valence-electron chi connectivity index (χ4n) is 1.94. The van der Waals surface area contributed by atoms with E-state index in [-0.39, 0.29) is 18.4 Å². The predicted octanol–water partition coefficient (Wildman–Crippen LogP) is 1.46. The highest BCUT2D eigenvalue weighted by molar-refractivity contribution is 5.76.